The van der Waals surface area contributed by atoms with Gasteiger partial charge in [-0.2, -0.15) is 0 Å². The fourth-order valence-corrected chi connectivity index (χ4v) is 5.58. The number of carboxylic acid groups (broad SMARTS) is 2. The first-order chi connectivity index (χ1) is 19.7. The Morgan fingerprint density at radius 3 is 2.15 bits per heavy atom. The number of benzene rings is 2. The van der Waals surface area contributed by atoms with Crippen LogP contribution < -0.4 is 9.47 Å². The van der Waals surface area contributed by atoms with E-state index in [-0.39, 0.29) is 11.8 Å². The molecule has 10 heteroatoms. The van der Waals surface area contributed by atoms with Crippen LogP contribution in [0.3, 0.4) is 0 Å². The maximum atomic E-state index is 13.3. The van der Waals surface area contributed by atoms with Gasteiger partial charge in [0.2, 0.25) is 5.91 Å². The minimum atomic E-state index is -1.82. The molecule has 0 bridgehead atoms. The number of carbonyl (C=O) groups excluding carboxylic acids is 1. The number of methoxy groups -OCH3 is 2. The van der Waals surface area contributed by atoms with Crippen LogP contribution >= 0.6 is 0 Å². The molecule has 10 nitrogen and oxygen atoms in total. The first kappa shape index (κ1) is 31.9. The molecule has 1 amide bonds. The monoisotopic (exact) mass is 569 g/mol. The van der Waals surface area contributed by atoms with Gasteiger partial charge >= 0.3 is 11.9 Å². The van der Waals surface area contributed by atoms with Crippen molar-refractivity contribution in [2.75, 3.05) is 54.0 Å². The number of likely N-dealkylation sites (N-methyl/N-ethyl adjacent to an activating group) is 1. The number of amides is 1. The Morgan fingerprint density at radius 1 is 0.878 bits per heavy atom. The maximum absolute atomic E-state index is 13.3. The lowest BCUT2D eigenvalue weighted by atomic mass is 9.92. The molecule has 41 heavy (non-hydrogen) atoms. The highest BCUT2D eigenvalue weighted by molar-refractivity contribution is 6.27. The first-order valence-corrected chi connectivity index (χ1v) is 14.1. The van der Waals surface area contributed by atoms with Gasteiger partial charge in [-0.25, -0.2) is 9.59 Å². The van der Waals surface area contributed by atoms with Crippen LogP contribution in [-0.2, 0) is 27.3 Å². The van der Waals surface area contributed by atoms with Crippen molar-refractivity contribution >= 4 is 17.8 Å². The van der Waals surface area contributed by atoms with Crippen molar-refractivity contribution in [2.45, 2.75) is 44.7 Å². The number of hydrogen-bond acceptors (Lipinski definition) is 7. The van der Waals surface area contributed by atoms with E-state index in [1.54, 1.807) is 14.2 Å². The second-order valence-corrected chi connectivity index (χ2v) is 10.6. The normalized spacial score (nSPS) is 18.1. The third kappa shape index (κ3) is 9.75. The molecule has 0 aliphatic carbocycles. The topological polar surface area (TPSA) is 120 Å². The highest BCUT2D eigenvalue weighted by atomic mass is 16.5. The first-order valence-electron chi connectivity index (χ1n) is 14.1. The van der Waals surface area contributed by atoms with Crippen molar-refractivity contribution in [3.05, 3.63) is 59.7 Å². The van der Waals surface area contributed by atoms with Gasteiger partial charge in [0.15, 0.2) is 11.5 Å². The summed E-state index contributed by atoms with van der Waals surface area (Å²) in [6.07, 6.45) is 5.32. The van der Waals surface area contributed by atoms with Gasteiger partial charge in [0.1, 0.15) is 0 Å². The molecule has 2 N–H and O–H groups in total. The number of hydrogen-bond donors (Lipinski definition) is 2. The van der Waals surface area contributed by atoms with Crippen molar-refractivity contribution in [3.63, 3.8) is 0 Å². The number of likely N-dealkylation sites (tertiary alicyclic amines) is 2. The van der Waals surface area contributed by atoms with Crippen molar-refractivity contribution in [1.29, 1.82) is 0 Å². The summed E-state index contributed by atoms with van der Waals surface area (Å²) in [7, 11) is 5.24. The lowest BCUT2D eigenvalue weighted by Crippen LogP contribution is -2.51. The maximum Gasteiger partial charge on any atom is 0.414 e. The van der Waals surface area contributed by atoms with E-state index in [9.17, 15) is 4.79 Å². The van der Waals surface area contributed by atoms with Gasteiger partial charge in [0, 0.05) is 32.7 Å². The lowest BCUT2D eigenvalue weighted by molar-refractivity contribution is -0.159. The predicted octanol–water partition coefficient (Wildman–Crippen LogP) is 3.24. The Hall–Kier alpha value is -3.63. The molecule has 0 aromatic heterocycles. The van der Waals surface area contributed by atoms with Crippen LogP contribution in [0.5, 0.6) is 11.5 Å². The smallest absolute Gasteiger partial charge is 0.414 e. The quantitative estimate of drug-likeness (QED) is 0.439. The summed E-state index contributed by atoms with van der Waals surface area (Å²) in [6, 6.07) is 17.3. The molecule has 2 aromatic carbocycles. The van der Waals surface area contributed by atoms with Gasteiger partial charge in [-0.15, -0.1) is 0 Å². The summed E-state index contributed by atoms with van der Waals surface area (Å²) in [5.74, 6) is -1.78. The number of ether oxygens (including phenoxy) is 2. The van der Waals surface area contributed by atoms with Gasteiger partial charge in [0.05, 0.1) is 20.1 Å². The van der Waals surface area contributed by atoms with Gasteiger partial charge in [-0.05, 0) is 75.0 Å². The highest BCUT2D eigenvalue weighted by Crippen LogP contribution is 2.28. The number of rotatable bonds is 9. The van der Waals surface area contributed by atoms with Gasteiger partial charge in [0.25, 0.3) is 0 Å². The van der Waals surface area contributed by atoms with Crippen LogP contribution in [0.15, 0.2) is 48.5 Å². The number of aliphatic carboxylic acids is 2. The summed E-state index contributed by atoms with van der Waals surface area (Å²) < 4.78 is 10.7. The number of nitrogens with zero attached hydrogens (tertiary/aromatic N) is 3. The van der Waals surface area contributed by atoms with Crippen molar-refractivity contribution < 1.29 is 34.1 Å². The van der Waals surface area contributed by atoms with Crippen molar-refractivity contribution in [1.82, 2.24) is 14.7 Å². The molecule has 2 heterocycles. The molecule has 1 unspecified atom stereocenters. The van der Waals surface area contributed by atoms with Gasteiger partial charge in [-0.3, -0.25) is 14.6 Å². The van der Waals surface area contributed by atoms with E-state index in [0.717, 1.165) is 69.0 Å². The minimum absolute atomic E-state index is 0.113. The number of carboxylic acids is 2. The molecule has 1 atom stereocenters. The summed E-state index contributed by atoms with van der Waals surface area (Å²) in [5, 5.41) is 14.8. The molecule has 0 saturated carbocycles. The van der Waals surface area contributed by atoms with E-state index < -0.39 is 11.9 Å². The Morgan fingerprint density at radius 2 is 1.54 bits per heavy atom. The second kappa shape index (κ2) is 16.0. The molecule has 224 valence electrons. The molecule has 0 spiro atoms. The summed E-state index contributed by atoms with van der Waals surface area (Å²) in [4.78, 5) is 38.6. The zero-order valence-electron chi connectivity index (χ0n) is 24.3. The molecule has 0 radical (unpaired) electrons. The van der Waals surface area contributed by atoms with Crippen LogP contribution in [0.2, 0.25) is 0 Å². The fraction of sp³-hybridized carbons (Fsp3) is 0.516. The SMILES string of the molecule is COc1ccc(CCN(C)C(=O)C2CCCN(C3CCN(Cc4ccccc4)CC3)C2)cc1OC.O=C(O)C(=O)O. The van der Waals surface area contributed by atoms with E-state index >= 15 is 0 Å². The Bertz CT molecular complexity index is 1120. The van der Waals surface area contributed by atoms with E-state index in [1.165, 1.54) is 18.4 Å². The molecular weight excluding hydrogens is 526 g/mol. The standard InChI is InChI=1S/C29H41N3O3.C2H2O4/c1-30(17-13-23-11-12-27(34-2)28(20-23)35-3)29(33)25-10-7-16-32(22-25)26-14-18-31(19-15-26)21-24-8-5-4-6-9-24;3-1(4)2(5)6/h4-6,8-9,11-12,20,25-26H,7,10,13-19,21-22H2,1-3H3;(H,3,4)(H,5,6). The molecule has 2 fully saturated rings. The van der Waals surface area contributed by atoms with Crippen molar-refractivity contribution in [2.24, 2.45) is 5.92 Å². The largest absolute Gasteiger partial charge is 0.493 e. The Labute approximate surface area is 242 Å². The lowest BCUT2D eigenvalue weighted by Gasteiger charge is -2.42. The predicted molar refractivity (Wildman–Crippen MR) is 155 cm³/mol. The third-order valence-corrected chi connectivity index (χ3v) is 7.87. The average molecular weight is 570 g/mol. The number of piperidine rings is 2. The van der Waals surface area contributed by atoms with E-state index in [1.807, 2.05) is 30.1 Å². The number of carbonyl (C=O) groups is 3. The fourth-order valence-electron chi connectivity index (χ4n) is 5.58. The zero-order chi connectivity index (χ0) is 29.8. The molecule has 2 aromatic rings. The van der Waals surface area contributed by atoms with Crippen molar-refractivity contribution in [3.8, 4) is 11.5 Å². The molecular formula is C31H43N3O7. The van der Waals surface area contributed by atoms with Gasteiger partial charge in [-0.1, -0.05) is 36.4 Å². The second-order valence-electron chi connectivity index (χ2n) is 10.6. The Balaban J connectivity index is 0.000000696. The summed E-state index contributed by atoms with van der Waals surface area (Å²) in [5.41, 5.74) is 2.54. The van der Waals surface area contributed by atoms with Crippen LogP contribution in [-0.4, -0.2) is 103 Å². The van der Waals surface area contributed by atoms with Crippen LogP contribution in [0.1, 0.15) is 36.8 Å². The highest BCUT2D eigenvalue weighted by Gasteiger charge is 2.32. The minimum Gasteiger partial charge on any atom is -0.493 e. The van der Waals surface area contributed by atoms with E-state index in [2.05, 4.69) is 40.1 Å². The molecule has 2 saturated heterocycles. The third-order valence-electron chi connectivity index (χ3n) is 7.87. The summed E-state index contributed by atoms with van der Waals surface area (Å²) >= 11 is 0. The molecule has 2 aliphatic heterocycles. The zero-order valence-corrected chi connectivity index (χ0v) is 24.3. The van der Waals surface area contributed by atoms with Crippen LogP contribution in [0, 0.1) is 5.92 Å². The van der Waals surface area contributed by atoms with Gasteiger partial charge < -0.3 is 24.6 Å². The summed E-state index contributed by atoms with van der Waals surface area (Å²) in [6.45, 7) is 6.06. The van der Waals surface area contributed by atoms with E-state index in [0.29, 0.717) is 12.6 Å². The molecule has 4 rings (SSSR count). The van der Waals surface area contributed by atoms with Crippen LogP contribution in [0.4, 0.5) is 0 Å². The van der Waals surface area contributed by atoms with Crippen LogP contribution in [0.25, 0.3) is 0 Å². The molecule has 2 aliphatic rings. The Kier molecular flexibility index (Phi) is 12.4. The van der Waals surface area contributed by atoms with E-state index in [4.69, 9.17) is 29.3 Å². The average Bonchev–Trinajstić information content (AvgIpc) is 3.00.